The van der Waals surface area contributed by atoms with Crippen LogP contribution in [0.5, 0.6) is 0 Å². The van der Waals surface area contributed by atoms with Crippen LogP contribution < -0.4 is 5.32 Å². The molecular weight excluding hydrogens is 366 g/mol. The second-order valence-corrected chi connectivity index (χ2v) is 6.74. The monoisotopic (exact) mass is 383 g/mol. The maximum absolute atomic E-state index is 12.3. The van der Waals surface area contributed by atoms with E-state index in [-0.39, 0.29) is 17.3 Å². The SMILES string of the molecule is Cc1cc([N+](=O)[O-])ccc1NC(=O)CSc1nnc(C)n1-c1ccccc1. The lowest BCUT2D eigenvalue weighted by molar-refractivity contribution is -0.384. The molecule has 1 N–H and O–H groups in total. The number of nitro groups is 1. The van der Waals surface area contributed by atoms with Crippen molar-refractivity contribution >= 4 is 29.0 Å². The summed E-state index contributed by atoms with van der Waals surface area (Å²) < 4.78 is 1.88. The molecule has 0 unspecified atom stereocenters. The Kier molecular flexibility index (Phi) is 5.51. The lowest BCUT2D eigenvalue weighted by atomic mass is 10.2. The predicted octanol–water partition coefficient (Wildman–Crippen LogP) is 3.52. The second kappa shape index (κ2) is 8.00. The molecule has 1 aromatic heterocycles. The number of hydrogen-bond donors (Lipinski definition) is 1. The van der Waals surface area contributed by atoms with E-state index in [1.54, 1.807) is 6.92 Å². The first-order valence-corrected chi connectivity index (χ1v) is 9.09. The van der Waals surface area contributed by atoms with Gasteiger partial charge in [-0.1, -0.05) is 30.0 Å². The highest BCUT2D eigenvalue weighted by molar-refractivity contribution is 7.99. The number of benzene rings is 2. The number of anilines is 1. The number of carbonyl (C=O) groups is 1. The molecule has 0 atom stereocenters. The highest BCUT2D eigenvalue weighted by atomic mass is 32.2. The molecule has 3 aromatic rings. The zero-order valence-corrected chi connectivity index (χ0v) is 15.6. The molecule has 0 aliphatic carbocycles. The summed E-state index contributed by atoms with van der Waals surface area (Å²) in [4.78, 5) is 22.6. The molecule has 9 heteroatoms. The second-order valence-electron chi connectivity index (χ2n) is 5.79. The molecule has 0 saturated carbocycles. The van der Waals surface area contributed by atoms with Gasteiger partial charge in [0, 0.05) is 23.5 Å². The minimum atomic E-state index is -0.465. The topological polar surface area (TPSA) is 103 Å². The van der Waals surface area contributed by atoms with Crippen LogP contribution in [0.3, 0.4) is 0 Å². The van der Waals surface area contributed by atoms with Crippen LogP contribution in [0.4, 0.5) is 11.4 Å². The fraction of sp³-hybridized carbons (Fsp3) is 0.167. The summed E-state index contributed by atoms with van der Waals surface area (Å²) in [6, 6.07) is 14.0. The smallest absolute Gasteiger partial charge is 0.269 e. The van der Waals surface area contributed by atoms with Crippen LogP contribution >= 0.6 is 11.8 Å². The molecule has 27 heavy (non-hydrogen) atoms. The Morgan fingerprint density at radius 2 is 1.93 bits per heavy atom. The van der Waals surface area contributed by atoms with Crippen molar-refractivity contribution in [2.45, 2.75) is 19.0 Å². The first kappa shape index (κ1) is 18.6. The number of amides is 1. The van der Waals surface area contributed by atoms with Crippen LogP contribution in [0, 0.1) is 24.0 Å². The third-order valence-electron chi connectivity index (χ3n) is 3.84. The molecule has 3 rings (SSSR count). The van der Waals surface area contributed by atoms with Crippen LogP contribution in [0.2, 0.25) is 0 Å². The van der Waals surface area contributed by atoms with E-state index >= 15 is 0 Å². The van der Waals surface area contributed by atoms with E-state index in [1.165, 1.54) is 30.0 Å². The Hall–Kier alpha value is -3.20. The van der Waals surface area contributed by atoms with E-state index in [9.17, 15) is 14.9 Å². The number of carbonyl (C=O) groups excluding carboxylic acids is 1. The minimum Gasteiger partial charge on any atom is -0.325 e. The standard InChI is InChI=1S/C18H17N5O3S/c1-12-10-15(23(25)26)8-9-16(12)19-17(24)11-27-18-21-20-13(2)22(18)14-6-4-3-5-7-14/h3-10H,11H2,1-2H3,(H,19,24). The van der Waals surface area contributed by atoms with Gasteiger partial charge in [-0.2, -0.15) is 0 Å². The molecule has 0 aliphatic rings. The van der Waals surface area contributed by atoms with Crippen molar-refractivity contribution < 1.29 is 9.72 Å². The highest BCUT2D eigenvalue weighted by Gasteiger charge is 2.14. The molecule has 8 nitrogen and oxygen atoms in total. The summed E-state index contributed by atoms with van der Waals surface area (Å²) in [5.41, 5.74) is 2.10. The van der Waals surface area contributed by atoms with Crippen molar-refractivity contribution in [3.8, 4) is 5.69 Å². The van der Waals surface area contributed by atoms with E-state index in [0.29, 0.717) is 16.4 Å². The highest BCUT2D eigenvalue weighted by Crippen LogP contribution is 2.24. The number of nitro benzene ring substituents is 1. The average molecular weight is 383 g/mol. The van der Waals surface area contributed by atoms with Gasteiger partial charge in [0.05, 0.1) is 10.7 Å². The number of hydrogen-bond acceptors (Lipinski definition) is 6. The van der Waals surface area contributed by atoms with Gasteiger partial charge >= 0.3 is 0 Å². The molecule has 138 valence electrons. The van der Waals surface area contributed by atoms with Crippen LogP contribution in [0.1, 0.15) is 11.4 Å². The normalized spacial score (nSPS) is 10.6. The van der Waals surface area contributed by atoms with Crippen LogP contribution in [0.25, 0.3) is 5.69 Å². The molecule has 1 heterocycles. The Bertz CT molecular complexity index is 988. The van der Waals surface area contributed by atoms with E-state index < -0.39 is 4.92 Å². The first-order valence-electron chi connectivity index (χ1n) is 8.11. The van der Waals surface area contributed by atoms with Crippen molar-refractivity contribution in [3.63, 3.8) is 0 Å². The molecule has 0 spiro atoms. The fourth-order valence-electron chi connectivity index (χ4n) is 2.53. The van der Waals surface area contributed by atoms with Gasteiger partial charge in [-0.05, 0) is 37.6 Å². The molecule has 0 fully saturated rings. The summed E-state index contributed by atoms with van der Waals surface area (Å²) >= 11 is 1.27. The third kappa shape index (κ3) is 4.32. The van der Waals surface area contributed by atoms with Crippen molar-refractivity contribution in [1.29, 1.82) is 0 Å². The molecule has 2 aromatic carbocycles. The van der Waals surface area contributed by atoms with Crippen LogP contribution in [-0.4, -0.2) is 31.3 Å². The lowest BCUT2D eigenvalue weighted by Crippen LogP contribution is -2.15. The van der Waals surface area contributed by atoms with Crippen molar-refractivity contribution in [2.75, 3.05) is 11.1 Å². The molecule has 1 amide bonds. The zero-order valence-electron chi connectivity index (χ0n) is 14.7. The fourth-order valence-corrected chi connectivity index (χ4v) is 3.33. The van der Waals surface area contributed by atoms with Crippen molar-refractivity contribution in [3.05, 3.63) is 70.0 Å². The number of aromatic nitrogens is 3. The largest absolute Gasteiger partial charge is 0.325 e. The van der Waals surface area contributed by atoms with E-state index in [4.69, 9.17) is 0 Å². The van der Waals surface area contributed by atoms with Gasteiger partial charge < -0.3 is 5.32 Å². The van der Waals surface area contributed by atoms with Gasteiger partial charge in [-0.15, -0.1) is 10.2 Å². The Labute approximate surface area is 159 Å². The van der Waals surface area contributed by atoms with E-state index in [0.717, 1.165) is 11.5 Å². The van der Waals surface area contributed by atoms with Gasteiger partial charge in [-0.3, -0.25) is 19.5 Å². The molecule has 0 bridgehead atoms. The van der Waals surface area contributed by atoms with Gasteiger partial charge in [0.1, 0.15) is 5.82 Å². The van der Waals surface area contributed by atoms with E-state index in [2.05, 4.69) is 15.5 Å². The quantitative estimate of drug-likeness (QED) is 0.397. The summed E-state index contributed by atoms with van der Waals surface area (Å²) in [5, 5.41) is 22.4. The van der Waals surface area contributed by atoms with Crippen molar-refractivity contribution in [2.24, 2.45) is 0 Å². The molecule has 0 radical (unpaired) electrons. The number of non-ortho nitro benzene ring substituents is 1. The number of nitrogens with zero attached hydrogens (tertiary/aromatic N) is 4. The Morgan fingerprint density at radius 3 is 2.59 bits per heavy atom. The van der Waals surface area contributed by atoms with Gasteiger partial charge in [0.25, 0.3) is 5.69 Å². The first-order chi connectivity index (χ1) is 13.0. The van der Waals surface area contributed by atoms with E-state index in [1.807, 2.05) is 41.8 Å². The number of aryl methyl sites for hydroxylation is 2. The number of rotatable bonds is 6. The van der Waals surface area contributed by atoms with Gasteiger partial charge in [-0.25, -0.2) is 0 Å². The number of nitrogens with one attached hydrogen (secondary N) is 1. The summed E-state index contributed by atoms with van der Waals surface area (Å²) in [6.07, 6.45) is 0. The number of thioether (sulfide) groups is 1. The summed E-state index contributed by atoms with van der Waals surface area (Å²) in [5.74, 6) is 0.647. The maximum atomic E-state index is 12.3. The Balaban J connectivity index is 1.68. The predicted molar refractivity (Wildman–Crippen MR) is 103 cm³/mol. The summed E-state index contributed by atoms with van der Waals surface area (Å²) in [7, 11) is 0. The average Bonchev–Trinajstić information content (AvgIpc) is 3.02. The molecule has 0 aliphatic heterocycles. The van der Waals surface area contributed by atoms with Gasteiger partial charge in [0.15, 0.2) is 5.16 Å². The van der Waals surface area contributed by atoms with Crippen LogP contribution in [0.15, 0.2) is 53.7 Å². The molecular formula is C18H17N5O3S. The Morgan fingerprint density at radius 1 is 1.19 bits per heavy atom. The van der Waals surface area contributed by atoms with Crippen LogP contribution in [-0.2, 0) is 4.79 Å². The van der Waals surface area contributed by atoms with Gasteiger partial charge in [0.2, 0.25) is 5.91 Å². The summed E-state index contributed by atoms with van der Waals surface area (Å²) in [6.45, 7) is 3.56. The third-order valence-corrected chi connectivity index (χ3v) is 4.77. The van der Waals surface area contributed by atoms with Crippen molar-refractivity contribution in [1.82, 2.24) is 14.8 Å². The number of para-hydroxylation sites is 1. The lowest BCUT2D eigenvalue weighted by Gasteiger charge is -2.09. The zero-order chi connectivity index (χ0) is 19.4. The molecule has 0 saturated heterocycles. The maximum Gasteiger partial charge on any atom is 0.269 e. The minimum absolute atomic E-state index is 0.00804.